The molecule has 2 unspecified atom stereocenters. The van der Waals surface area contributed by atoms with Crippen LogP contribution in [0.25, 0.3) is 0 Å². The summed E-state index contributed by atoms with van der Waals surface area (Å²) < 4.78 is 5.46. The van der Waals surface area contributed by atoms with Crippen LogP contribution in [0.2, 0.25) is 0 Å². The number of benzene rings is 2. The zero-order valence-electron chi connectivity index (χ0n) is 25.3. The highest BCUT2D eigenvalue weighted by Gasteiger charge is 2.36. The number of aryl methyl sites for hydroxylation is 2. The number of phenolic OH excluding ortho intramolecular Hbond substituents is 1. The number of nitrogens with zero attached hydrogens (tertiary/aromatic N) is 1. The number of carbonyl (C=O) groups excluding carboxylic acids is 3. The minimum absolute atomic E-state index is 0.0940. The van der Waals surface area contributed by atoms with Gasteiger partial charge in [-0.3, -0.25) is 9.59 Å². The number of para-hydroxylation sites is 1. The van der Waals surface area contributed by atoms with E-state index in [0.717, 1.165) is 18.4 Å². The summed E-state index contributed by atoms with van der Waals surface area (Å²) >= 11 is 0. The summed E-state index contributed by atoms with van der Waals surface area (Å²) in [5.74, 6) is -0.525. The summed E-state index contributed by atoms with van der Waals surface area (Å²) in [6.45, 7) is 15.3. The van der Waals surface area contributed by atoms with Gasteiger partial charge in [0.25, 0.3) is 5.91 Å². The molecule has 2 atom stereocenters. The van der Waals surface area contributed by atoms with E-state index >= 15 is 0 Å². The molecule has 2 aromatic carbocycles. The number of ether oxygens (including phenoxy) is 1. The molecule has 0 aromatic heterocycles. The molecule has 40 heavy (non-hydrogen) atoms. The Morgan fingerprint density at radius 1 is 1.00 bits per heavy atom. The van der Waals surface area contributed by atoms with Gasteiger partial charge < -0.3 is 25.4 Å². The van der Waals surface area contributed by atoms with E-state index in [-0.39, 0.29) is 23.5 Å². The van der Waals surface area contributed by atoms with Gasteiger partial charge in [0, 0.05) is 12.2 Å². The maximum absolute atomic E-state index is 14.3. The molecule has 2 aromatic rings. The summed E-state index contributed by atoms with van der Waals surface area (Å²) in [5.41, 5.74) is 1.99. The predicted molar refractivity (Wildman–Crippen MR) is 159 cm³/mol. The molecule has 3 N–H and O–H groups in total. The number of hydrogen-bond acceptors (Lipinski definition) is 5. The lowest BCUT2D eigenvalue weighted by atomic mass is 9.97. The van der Waals surface area contributed by atoms with Crippen LogP contribution in [0.1, 0.15) is 90.0 Å². The Balaban J connectivity index is 2.58. The topological polar surface area (TPSA) is 108 Å². The Morgan fingerprint density at radius 3 is 2.25 bits per heavy atom. The molecule has 2 rings (SSSR count). The van der Waals surface area contributed by atoms with Crippen LogP contribution in [0.4, 0.5) is 10.5 Å². The van der Waals surface area contributed by atoms with Crippen molar-refractivity contribution in [3.63, 3.8) is 0 Å². The van der Waals surface area contributed by atoms with Gasteiger partial charge in [0.05, 0.1) is 0 Å². The van der Waals surface area contributed by atoms with E-state index < -0.39 is 23.8 Å². The monoisotopic (exact) mass is 553 g/mol. The highest BCUT2D eigenvalue weighted by molar-refractivity contribution is 5.99. The van der Waals surface area contributed by atoms with Crippen molar-refractivity contribution < 1.29 is 24.2 Å². The second-order valence-electron chi connectivity index (χ2n) is 11.8. The Bertz CT molecular complexity index is 1160. The maximum Gasteiger partial charge on any atom is 0.408 e. The predicted octanol–water partition coefficient (Wildman–Crippen LogP) is 6.65. The van der Waals surface area contributed by atoms with Gasteiger partial charge in [0.2, 0.25) is 5.91 Å². The number of rotatable bonds is 12. The fraction of sp³-hybridized carbons (Fsp3) is 0.531. The van der Waals surface area contributed by atoms with Crippen LogP contribution in [0, 0.1) is 19.8 Å². The zero-order valence-corrected chi connectivity index (χ0v) is 25.3. The Morgan fingerprint density at radius 2 is 1.68 bits per heavy atom. The lowest BCUT2D eigenvalue weighted by Gasteiger charge is -2.35. The number of phenols is 1. The molecule has 0 fully saturated rings. The van der Waals surface area contributed by atoms with Crippen LogP contribution in [0.15, 0.2) is 42.5 Å². The van der Waals surface area contributed by atoms with E-state index in [9.17, 15) is 19.5 Å². The largest absolute Gasteiger partial charge is 0.508 e. The first-order chi connectivity index (χ1) is 18.7. The third-order valence-corrected chi connectivity index (χ3v) is 6.48. The van der Waals surface area contributed by atoms with Crippen LogP contribution in [-0.4, -0.2) is 46.1 Å². The van der Waals surface area contributed by atoms with Crippen molar-refractivity contribution in [1.29, 1.82) is 0 Å². The van der Waals surface area contributed by atoms with Crippen molar-refractivity contribution in [2.75, 3.05) is 11.9 Å². The first kappa shape index (κ1) is 32.7. The van der Waals surface area contributed by atoms with Crippen molar-refractivity contribution in [3.05, 3.63) is 59.2 Å². The van der Waals surface area contributed by atoms with Gasteiger partial charge in [-0.15, -0.1) is 0 Å². The molecular weight excluding hydrogens is 506 g/mol. The summed E-state index contributed by atoms with van der Waals surface area (Å²) in [4.78, 5) is 42.6. The molecule has 0 spiro atoms. The number of amides is 3. The van der Waals surface area contributed by atoms with Crippen molar-refractivity contribution >= 4 is 23.6 Å². The summed E-state index contributed by atoms with van der Waals surface area (Å²) in [5, 5.41) is 16.0. The quantitative estimate of drug-likeness (QED) is 0.255. The number of aromatic hydroxyl groups is 1. The molecule has 220 valence electrons. The average Bonchev–Trinajstić information content (AvgIpc) is 2.84. The first-order valence-corrected chi connectivity index (χ1v) is 14.2. The van der Waals surface area contributed by atoms with Crippen molar-refractivity contribution in [3.8, 4) is 5.75 Å². The molecule has 0 saturated heterocycles. The molecule has 0 aliphatic rings. The number of carbonyl (C=O) groups is 3. The van der Waals surface area contributed by atoms with E-state index in [0.29, 0.717) is 36.2 Å². The summed E-state index contributed by atoms with van der Waals surface area (Å²) in [6, 6.07) is 10.5. The lowest BCUT2D eigenvalue weighted by Crippen LogP contribution is -2.53. The summed E-state index contributed by atoms with van der Waals surface area (Å²) in [6.07, 6.45) is 2.20. The second-order valence-corrected chi connectivity index (χ2v) is 11.8. The van der Waals surface area contributed by atoms with E-state index in [2.05, 4.69) is 17.6 Å². The smallest absolute Gasteiger partial charge is 0.408 e. The second kappa shape index (κ2) is 14.7. The third kappa shape index (κ3) is 9.88. The van der Waals surface area contributed by atoms with E-state index in [1.165, 1.54) is 6.07 Å². The molecule has 0 heterocycles. The van der Waals surface area contributed by atoms with Gasteiger partial charge in [0.15, 0.2) is 0 Å². The van der Waals surface area contributed by atoms with Gasteiger partial charge in [0.1, 0.15) is 23.4 Å². The van der Waals surface area contributed by atoms with Crippen LogP contribution < -0.4 is 10.6 Å². The number of hydrogen-bond donors (Lipinski definition) is 3. The molecule has 3 amide bonds. The van der Waals surface area contributed by atoms with E-state index in [1.54, 1.807) is 44.7 Å². The fourth-order valence-electron chi connectivity index (χ4n) is 4.48. The molecule has 8 nitrogen and oxygen atoms in total. The average molecular weight is 554 g/mol. The number of nitrogens with one attached hydrogen (secondary N) is 2. The fourth-order valence-corrected chi connectivity index (χ4v) is 4.48. The number of anilines is 1. The molecule has 0 saturated carbocycles. The maximum atomic E-state index is 14.3. The Labute approximate surface area is 239 Å². The van der Waals surface area contributed by atoms with Gasteiger partial charge in [-0.05, 0) is 88.3 Å². The van der Waals surface area contributed by atoms with Gasteiger partial charge >= 0.3 is 6.09 Å². The van der Waals surface area contributed by atoms with Crippen LogP contribution in [-0.2, 0) is 14.3 Å². The number of alkyl carbamates (subject to hydrolysis) is 1. The minimum atomic E-state index is -0.988. The van der Waals surface area contributed by atoms with Crippen LogP contribution in [0.5, 0.6) is 5.75 Å². The normalized spacial score (nSPS) is 12.9. The van der Waals surface area contributed by atoms with Crippen molar-refractivity contribution in [1.82, 2.24) is 10.2 Å². The highest BCUT2D eigenvalue weighted by atomic mass is 16.6. The summed E-state index contributed by atoms with van der Waals surface area (Å²) in [7, 11) is 0. The highest BCUT2D eigenvalue weighted by Crippen LogP contribution is 2.29. The van der Waals surface area contributed by atoms with Crippen molar-refractivity contribution in [2.24, 2.45) is 5.92 Å². The molecule has 8 heteroatoms. The Hall–Kier alpha value is -3.55. The SMILES string of the molecule is CCCCCN(C(=O)C(CC(C)C)NC(=O)OC(C)(C)C)C(C(=O)Nc1ccccc1C)c1ccc(O)c(C)c1. The van der Waals surface area contributed by atoms with Crippen molar-refractivity contribution in [2.45, 2.75) is 98.8 Å². The molecule has 0 bridgehead atoms. The van der Waals surface area contributed by atoms with Gasteiger partial charge in [-0.2, -0.15) is 0 Å². The van der Waals surface area contributed by atoms with Crippen LogP contribution in [0.3, 0.4) is 0 Å². The first-order valence-electron chi connectivity index (χ1n) is 14.2. The van der Waals surface area contributed by atoms with E-state index in [4.69, 9.17) is 4.74 Å². The standard InChI is InChI=1S/C32H47N3O5/c1-9-10-13-18-35(30(38)26(19-21(2)3)34-31(39)40-32(6,7)8)28(24-16-17-27(36)23(5)20-24)29(37)33-25-15-12-11-14-22(25)4/h11-12,14-17,20-21,26,28,36H,9-10,13,18-19H2,1-8H3,(H,33,37)(H,34,39). The molecular formula is C32H47N3O5. The van der Waals surface area contributed by atoms with Gasteiger partial charge in [-0.25, -0.2) is 4.79 Å². The zero-order chi connectivity index (χ0) is 30.0. The molecule has 0 radical (unpaired) electrons. The van der Waals surface area contributed by atoms with E-state index in [1.807, 2.05) is 45.0 Å². The van der Waals surface area contributed by atoms with Crippen LogP contribution >= 0.6 is 0 Å². The minimum Gasteiger partial charge on any atom is -0.508 e. The third-order valence-electron chi connectivity index (χ3n) is 6.48. The molecule has 0 aliphatic carbocycles. The molecule has 0 aliphatic heterocycles. The van der Waals surface area contributed by atoms with Gasteiger partial charge in [-0.1, -0.05) is 57.9 Å². The lowest BCUT2D eigenvalue weighted by molar-refractivity contribution is -0.141. The number of unbranched alkanes of at least 4 members (excludes halogenated alkanes) is 2. The Kier molecular flexibility index (Phi) is 12.0.